The van der Waals surface area contributed by atoms with E-state index in [0.29, 0.717) is 24.5 Å². The molecule has 1 aromatic carbocycles. The van der Waals surface area contributed by atoms with Crippen molar-refractivity contribution in [1.82, 2.24) is 15.0 Å². The van der Waals surface area contributed by atoms with Crippen molar-refractivity contribution < 1.29 is 4.74 Å². The number of nitrogens with one attached hydrogen (secondary N) is 2. The van der Waals surface area contributed by atoms with E-state index in [1.807, 2.05) is 32.0 Å². The number of hydrogen-bond donors (Lipinski definition) is 2. The Kier molecular flexibility index (Phi) is 4.73. The van der Waals surface area contributed by atoms with Gasteiger partial charge < -0.3 is 15.4 Å². The average molecular weight is 338 g/mol. The summed E-state index contributed by atoms with van der Waals surface area (Å²) in [5, 5.41) is 6.03. The Labute approximate surface area is 126 Å². The SMILES string of the molecule is CCOc1nc(NC)nc(Nc2cc(C)cc(Br)c2)n1. The van der Waals surface area contributed by atoms with Gasteiger partial charge in [-0.25, -0.2) is 0 Å². The van der Waals surface area contributed by atoms with Gasteiger partial charge in [0.25, 0.3) is 0 Å². The number of rotatable bonds is 5. The largest absolute Gasteiger partial charge is 0.464 e. The van der Waals surface area contributed by atoms with Gasteiger partial charge in [0, 0.05) is 17.2 Å². The molecule has 1 aromatic heterocycles. The van der Waals surface area contributed by atoms with Crippen LogP contribution in [0.1, 0.15) is 12.5 Å². The first-order valence-electron chi connectivity index (χ1n) is 6.21. The van der Waals surface area contributed by atoms with Crippen molar-refractivity contribution in [2.45, 2.75) is 13.8 Å². The predicted molar refractivity (Wildman–Crippen MR) is 82.7 cm³/mol. The van der Waals surface area contributed by atoms with Crippen LogP contribution in [-0.4, -0.2) is 28.6 Å². The highest BCUT2D eigenvalue weighted by Crippen LogP contribution is 2.22. The van der Waals surface area contributed by atoms with Gasteiger partial charge in [0.2, 0.25) is 11.9 Å². The molecule has 0 saturated carbocycles. The molecule has 0 aliphatic heterocycles. The molecule has 0 bridgehead atoms. The highest BCUT2D eigenvalue weighted by molar-refractivity contribution is 9.10. The number of ether oxygens (including phenoxy) is 1. The fourth-order valence-electron chi connectivity index (χ4n) is 1.66. The molecule has 0 aliphatic rings. The molecule has 2 N–H and O–H groups in total. The number of nitrogens with zero attached hydrogens (tertiary/aromatic N) is 3. The molecule has 0 unspecified atom stereocenters. The van der Waals surface area contributed by atoms with E-state index in [1.54, 1.807) is 7.05 Å². The van der Waals surface area contributed by atoms with E-state index in [0.717, 1.165) is 15.7 Å². The average Bonchev–Trinajstić information content (AvgIpc) is 2.37. The molecule has 2 rings (SSSR count). The summed E-state index contributed by atoms with van der Waals surface area (Å²) in [4.78, 5) is 12.6. The van der Waals surface area contributed by atoms with E-state index in [9.17, 15) is 0 Å². The zero-order chi connectivity index (χ0) is 14.5. The van der Waals surface area contributed by atoms with Crippen molar-refractivity contribution in [2.24, 2.45) is 0 Å². The van der Waals surface area contributed by atoms with Gasteiger partial charge in [-0.3, -0.25) is 0 Å². The number of aryl methyl sites for hydroxylation is 1. The maximum absolute atomic E-state index is 5.32. The van der Waals surface area contributed by atoms with Crippen molar-refractivity contribution in [3.8, 4) is 6.01 Å². The van der Waals surface area contributed by atoms with Crippen molar-refractivity contribution >= 4 is 33.5 Å². The van der Waals surface area contributed by atoms with E-state index in [2.05, 4.69) is 41.5 Å². The first-order valence-corrected chi connectivity index (χ1v) is 7.01. The van der Waals surface area contributed by atoms with Crippen LogP contribution in [0.5, 0.6) is 6.01 Å². The van der Waals surface area contributed by atoms with Crippen molar-refractivity contribution in [2.75, 3.05) is 24.3 Å². The minimum atomic E-state index is 0.293. The summed E-state index contributed by atoms with van der Waals surface area (Å²) in [6, 6.07) is 6.29. The predicted octanol–water partition coefficient (Wildman–Crippen LogP) is 3.13. The Balaban J connectivity index is 2.29. The lowest BCUT2D eigenvalue weighted by Gasteiger charge is -2.09. The summed E-state index contributed by atoms with van der Waals surface area (Å²) < 4.78 is 6.32. The first-order chi connectivity index (χ1) is 9.60. The van der Waals surface area contributed by atoms with Gasteiger partial charge in [-0.2, -0.15) is 15.0 Å². The third kappa shape index (κ3) is 3.80. The molecule has 106 valence electrons. The summed E-state index contributed by atoms with van der Waals surface area (Å²) in [6.45, 7) is 4.41. The Morgan fingerprint density at radius 2 is 1.90 bits per heavy atom. The van der Waals surface area contributed by atoms with Crippen LogP contribution < -0.4 is 15.4 Å². The number of aromatic nitrogens is 3. The lowest BCUT2D eigenvalue weighted by molar-refractivity contribution is 0.312. The third-order valence-electron chi connectivity index (χ3n) is 2.41. The summed E-state index contributed by atoms with van der Waals surface area (Å²) in [7, 11) is 1.75. The van der Waals surface area contributed by atoms with E-state index >= 15 is 0 Å². The lowest BCUT2D eigenvalue weighted by atomic mass is 10.2. The Morgan fingerprint density at radius 3 is 2.55 bits per heavy atom. The summed E-state index contributed by atoms with van der Waals surface area (Å²) >= 11 is 3.46. The van der Waals surface area contributed by atoms with Crippen LogP contribution in [0.4, 0.5) is 17.6 Å². The molecule has 0 saturated heterocycles. The maximum Gasteiger partial charge on any atom is 0.323 e. The molecule has 0 amide bonds. The molecule has 0 spiro atoms. The second-order valence-electron chi connectivity index (χ2n) is 4.09. The number of anilines is 3. The second-order valence-corrected chi connectivity index (χ2v) is 5.01. The molecule has 2 aromatic rings. The van der Waals surface area contributed by atoms with Crippen LogP contribution in [0.15, 0.2) is 22.7 Å². The van der Waals surface area contributed by atoms with Crippen LogP contribution in [0.3, 0.4) is 0 Å². The Bertz CT molecular complexity index is 585. The second kappa shape index (κ2) is 6.51. The fourth-order valence-corrected chi connectivity index (χ4v) is 2.26. The minimum Gasteiger partial charge on any atom is -0.464 e. The molecule has 7 heteroatoms. The standard InChI is InChI=1S/C13H16BrN5O/c1-4-20-13-18-11(15-3)17-12(19-13)16-10-6-8(2)5-9(14)7-10/h5-7H,4H2,1-3H3,(H2,15,16,17,18,19). The number of halogens is 1. The van der Waals surface area contributed by atoms with Crippen molar-refractivity contribution in [1.29, 1.82) is 0 Å². The molecule has 6 nitrogen and oxygen atoms in total. The Morgan fingerprint density at radius 1 is 1.15 bits per heavy atom. The van der Waals surface area contributed by atoms with Gasteiger partial charge in [0.1, 0.15) is 0 Å². The Hall–Kier alpha value is -1.89. The van der Waals surface area contributed by atoms with Crippen LogP contribution in [0.2, 0.25) is 0 Å². The zero-order valence-electron chi connectivity index (χ0n) is 11.6. The fraction of sp³-hybridized carbons (Fsp3) is 0.308. The summed E-state index contributed by atoms with van der Waals surface area (Å²) in [5.74, 6) is 0.892. The molecule has 20 heavy (non-hydrogen) atoms. The molecular weight excluding hydrogens is 322 g/mol. The topological polar surface area (TPSA) is 72.0 Å². The van der Waals surface area contributed by atoms with Crippen LogP contribution in [0.25, 0.3) is 0 Å². The highest BCUT2D eigenvalue weighted by Gasteiger charge is 2.07. The summed E-state index contributed by atoms with van der Waals surface area (Å²) in [6.07, 6.45) is 0. The van der Waals surface area contributed by atoms with Gasteiger partial charge in [0.15, 0.2) is 0 Å². The molecule has 0 atom stereocenters. The van der Waals surface area contributed by atoms with Crippen molar-refractivity contribution in [3.63, 3.8) is 0 Å². The molecule has 0 fully saturated rings. The molecule has 0 aliphatic carbocycles. The minimum absolute atomic E-state index is 0.293. The van der Waals surface area contributed by atoms with E-state index < -0.39 is 0 Å². The van der Waals surface area contributed by atoms with Crippen molar-refractivity contribution in [3.05, 3.63) is 28.2 Å². The maximum atomic E-state index is 5.32. The number of hydrogen-bond acceptors (Lipinski definition) is 6. The quantitative estimate of drug-likeness (QED) is 0.873. The highest BCUT2D eigenvalue weighted by atomic mass is 79.9. The summed E-state index contributed by atoms with van der Waals surface area (Å²) in [5.41, 5.74) is 2.03. The van der Waals surface area contributed by atoms with E-state index in [4.69, 9.17) is 4.74 Å². The molecule has 1 heterocycles. The van der Waals surface area contributed by atoms with Gasteiger partial charge in [0.05, 0.1) is 6.61 Å². The lowest BCUT2D eigenvalue weighted by Crippen LogP contribution is -2.07. The third-order valence-corrected chi connectivity index (χ3v) is 2.87. The van der Waals surface area contributed by atoms with Gasteiger partial charge in [-0.1, -0.05) is 15.9 Å². The van der Waals surface area contributed by atoms with Gasteiger partial charge in [-0.05, 0) is 37.6 Å². The van der Waals surface area contributed by atoms with Crippen LogP contribution in [0, 0.1) is 6.92 Å². The van der Waals surface area contributed by atoms with Gasteiger partial charge in [-0.15, -0.1) is 0 Å². The zero-order valence-corrected chi connectivity index (χ0v) is 13.2. The number of benzene rings is 1. The normalized spacial score (nSPS) is 10.2. The van der Waals surface area contributed by atoms with Gasteiger partial charge >= 0.3 is 6.01 Å². The molecular formula is C13H16BrN5O. The van der Waals surface area contributed by atoms with Crippen LogP contribution in [-0.2, 0) is 0 Å². The first kappa shape index (κ1) is 14.5. The monoisotopic (exact) mass is 337 g/mol. The molecule has 0 radical (unpaired) electrons. The van der Waals surface area contributed by atoms with Crippen LogP contribution >= 0.6 is 15.9 Å². The van der Waals surface area contributed by atoms with E-state index in [-0.39, 0.29) is 0 Å². The smallest absolute Gasteiger partial charge is 0.323 e. The van der Waals surface area contributed by atoms with E-state index in [1.165, 1.54) is 0 Å².